The summed E-state index contributed by atoms with van der Waals surface area (Å²) in [5, 5.41) is 7.23. The summed E-state index contributed by atoms with van der Waals surface area (Å²) >= 11 is 0. The summed E-state index contributed by atoms with van der Waals surface area (Å²) in [6.45, 7) is 11.2. The molecular formula is C21H31N3O5. The Balaban J connectivity index is 2.40. The molecule has 29 heavy (non-hydrogen) atoms. The minimum absolute atomic E-state index is 0.00277. The van der Waals surface area contributed by atoms with E-state index in [0.29, 0.717) is 5.56 Å². The second-order valence-corrected chi connectivity index (χ2v) is 8.08. The van der Waals surface area contributed by atoms with Crippen LogP contribution in [0, 0.1) is 0 Å². The van der Waals surface area contributed by atoms with E-state index in [9.17, 15) is 19.2 Å². The van der Waals surface area contributed by atoms with E-state index in [1.807, 2.05) is 12.1 Å². The molecule has 0 unspecified atom stereocenters. The fraction of sp³-hybridized carbons (Fsp3) is 0.524. The minimum atomic E-state index is -1.12. The van der Waals surface area contributed by atoms with Crippen LogP contribution in [0.5, 0.6) is 0 Å². The van der Waals surface area contributed by atoms with E-state index < -0.39 is 24.0 Å². The lowest BCUT2D eigenvalue weighted by molar-refractivity contribution is -0.154. The Morgan fingerprint density at radius 2 is 1.59 bits per heavy atom. The number of hydrogen-bond donors (Lipinski definition) is 3. The molecule has 0 radical (unpaired) electrons. The van der Waals surface area contributed by atoms with Crippen LogP contribution in [-0.4, -0.2) is 42.5 Å². The van der Waals surface area contributed by atoms with Crippen molar-refractivity contribution < 1.29 is 23.9 Å². The van der Waals surface area contributed by atoms with Gasteiger partial charge in [0.2, 0.25) is 0 Å². The molecule has 8 heteroatoms. The molecule has 1 aromatic rings. The van der Waals surface area contributed by atoms with E-state index in [4.69, 9.17) is 4.74 Å². The number of urea groups is 1. The first-order valence-electron chi connectivity index (χ1n) is 9.59. The fourth-order valence-corrected chi connectivity index (χ4v) is 2.32. The van der Waals surface area contributed by atoms with Crippen molar-refractivity contribution in [3.05, 3.63) is 35.4 Å². The third-order valence-corrected chi connectivity index (χ3v) is 3.96. The van der Waals surface area contributed by atoms with Crippen molar-refractivity contribution in [2.45, 2.75) is 65.5 Å². The molecule has 3 N–H and O–H groups in total. The monoisotopic (exact) mass is 405 g/mol. The predicted octanol–water partition coefficient (Wildman–Crippen LogP) is 2.27. The molecule has 0 aliphatic carbocycles. The Bertz CT molecular complexity index is 736. The highest BCUT2D eigenvalue weighted by Crippen LogP contribution is 2.22. The highest BCUT2D eigenvalue weighted by Gasteiger charge is 2.20. The first kappa shape index (κ1) is 24.1. The molecule has 0 saturated heterocycles. The molecule has 0 aliphatic rings. The van der Waals surface area contributed by atoms with Crippen LogP contribution < -0.4 is 16.0 Å². The molecule has 1 rings (SSSR count). The standard InChI is InChI=1S/C21H31N3O5/c1-13(2)23-20(28)24-18(26)14(3)29-17(25)11-12-22-19(27)15-7-9-16(10-8-15)21(4,5)6/h7-10,13-14H,11-12H2,1-6H3,(H,22,27)(H2,23,24,26,28)/t14-/m0/s1. The Morgan fingerprint density at radius 1 is 1.00 bits per heavy atom. The molecule has 0 aromatic heterocycles. The molecule has 0 bridgehead atoms. The number of ether oxygens (including phenoxy) is 1. The lowest BCUT2D eigenvalue weighted by Crippen LogP contribution is -2.46. The topological polar surface area (TPSA) is 114 Å². The Kier molecular flexibility index (Phi) is 8.82. The van der Waals surface area contributed by atoms with Gasteiger partial charge in [0.05, 0.1) is 6.42 Å². The number of imide groups is 1. The lowest BCUT2D eigenvalue weighted by Gasteiger charge is -2.19. The highest BCUT2D eigenvalue weighted by molar-refractivity contribution is 5.97. The van der Waals surface area contributed by atoms with Gasteiger partial charge in [0.15, 0.2) is 6.10 Å². The van der Waals surface area contributed by atoms with Crippen molar-refractivity contribution in [2.24, 2.45) is 0 Å². The summed E-state index contributed by atoms with van der Waals surface area (Å²) in [5.74, 6) is -1.67. The minimum Gasteiger partial charge on any atom is -0.452 e. The van der Waals surface area contributed by atoms with Crippen LogP contribution in [-0.2, 0) is 19.7 Å². The van der Waals surface area contributed by atoms with E-state index in [2.05, 4.69) is 36.7 Å². The number of carbonyl (C=O) groups is 4. The van der Waals surface area contributed by atoms with Crippen molar-refractivity contribution in [2.75, 3.05) is 6.54 Å². The molecular weight excluding hydrogens is 374 g/mol. The zero-order valence-electron chi connectivity index (χ0n) is 17.9. The Morgan fingerprint density at radius 3 is 2.10 bits per heavy atom. The van der Waals surface area contributed by atoms with E-state index in [1.54, 1.807) is 26.0 Å². The molecule has 8 nitrogen and oxygen atoms in total. The number of carbonyl (C=O) groups excluding carboxylic acids is 4. The number of rotatable bonds is 7. The van der Waals surface area contributed by atoms with Crippen LogP contribution in [0.15, 0.2) is 24.3 Å². The van der Waals surface area contributed by atoms with Crippen LogP contribution in [0.4, 0.5) is 4.79 Å². The molecule has 160 valence electrons. The van der Waals surface area contributed by atoms with Gasteiger partial charge in [-0.2, -0.15) is 0 Å². The normalized spacial score (nSPS) is 12.1. The second kappa shape index (κ2) is 10.6. The number of hydrogen-bond acceptors (Lipinski definition) is 5. The van der Waals surface area contributed by atoms with Gasteiger partial charge in [-0.25, -0.2) is 4.79 Å². The Hall–Kier alpha value is -2.90. The van der Waals surface area contributed by atoms with E-state index in [-0.39, 0.29) is 30.3 Å². The second-order valence-electron chi connectivity index (χ2n) is 8.08. The molecule has 0 aliphatic heterocycles. The van der Waals surface area contributed by atoms with Crippen molar-refractivity contribution in [3.63, 3.8) is 0 Å². The van der Waals surface area contributed by atoms with E-state index in [0.717, 1.165) is 5.56 Å². The van der Waals surface area contributed by atoms with Gasteiger partial charge in [0.25, 0.3) is 11.8 Å². The number of amides is 4. The summed E-state index contributed by atoms with van der Waals surface area (Å²) in [7, 11) is 0. The zero-order valence-corrected chi connectivity index (χ0v) is 17.9. The predicted molar refractivity (Wildman–Crippen MR) is 109 cm³/mol. The molecule has 1 atom stereocenters. The SMILES string of the molecule is CC(C)NC(=O)NC(=O)[C@H](C)OC(=O)CCNC(=O)c1ccc(C(C)(C)C)cc1. The van der Waals surface area contributed by atoms with Crippen LogP contribution in [0.2, 0.25) is 0 Å². The summed E-state index contributed by atoms with van der Waals surface area (Å²) in [6, 6.07) is 6.50. The number of benzene rings is 1. The van der Waals surface area contributed by atoms with Gasteiger partial charge in [0, 0.05) is 18.2 Å². The van der Waals surface area contributed by atoms with Gasteiger partial charge in [-0.05, 0) is 43.9 Å². The van der Waals surface area contributed by atoms with Gasteiger partial charge >= 0.3 is 12.0 Å². The summed E-state index contributed by atoms with van der Waals surface area (Å²) in [6.07, 6.45) is -1.22. The van der Waals surface area contributed by atoms with Crippen LogP contribution >= 0.6 is 0 Å². The number of esters is 1. The van der Waals surface area contributed by atoms with Crippen molar-refractivity contribution in [1.29, 1.82) is 0 Å². The molecule has 4 amide bonds. The molecule has 1 aromatic carbocycles. The van der Waals surface area contributed by atoms with Gasteiger partial charge in [-0.3, -0.25) is 19.7 Å². The van der Waals surface area contributed by atoms with Gasteiger partial charge in [-0.1, -0.05) is 32.9 Å². The van der Waals surface area contributed by atoms with Gasteiger partial charge in [-0.15, -0.1) is 0 Å². The lowest BCUT2D eigenvalue weighted by atomic mass is 9.87. The average Bonchev–Trinajstić information content (AvgIpc) is 2.60. The third kappa shape index (κ3) is 8.76. The van der Waals surface area contributed by atoms with E-state index in [1.165, 1.54) is 6.92 Å². The third-order valence-electron chi connectivity index (χ3n) is 3.96. The Labute approximate surface area is 171 Å². The smallest absolute Gasteiger partial charge is 0.321 e. The zero-order chi connectivity index (χ0) is 22.2. The fourth-order valence-electron chi connectivity index (χ4n) is 2.32. The molecule has 0 heterocycles. The largest absolute Gasteiger partial charge is 0.452 e. The molecule has 0 spiro atoms. The van der Waals surface area contributed by atoms with Crippen LogP contribution in [0.1, 0.15) is 63.9 Å². The summed E-state index contributed by atoms with van der Waals surface area (Å²) < 4.78 is 4.98. The maximum atomic E-state index is 12.2. The summed E-state index contributed by atoms with van der Waals surface area (Å²) in [5.41, 5.74) is 1.61. The van der Waals surface area contributed by atoms with Crippen LogP contribution in [0.3, 0.4) is 0 Å². The molecule has 0 fully saturated rings. The first-order valence-corrected chi connectivity index (χ1v) is 9.59. The quantitative estimate of drug-likeness (QED) is 0.602. The van der Waals surface area contributed by atoms with Crippen LogP contribution in [0.25, 0.3) is 0 Å². The van der Waals surface area contributed by atoms with Crippen molar-refractivity contribution in [1.82, 2.24) is 16.0 Å². The van der Waals surface area contributed by atoms with Crippen molar-refractivity contribution >= 4 is 23.8 Å². The van der Waals surface area contributed by atoms with E-state index >= 15 is 0 Å². The van der Waals surface area contributed by atoms with Crippen molar-refractivity contribution in [3.8, 4) is 0 Å². The van der Waals surface area contributed by atoms with Gasteiger partial charge in [0.1, 0.15) is 0 Å². The number of nitrogens with one attached hydrogen (secondary N) is 3. The highest BCUT2D eigenvalue weighted by atomic mass is 16.5. The average molecular weight is 405 g/mol. The first-order chi connectivity index (χ1) is 13.4. The van der Waals surface area contributed by atoms with Gasteiger partial charge < -0.3 is 15.4 Å². The summed E-state index contributed by atoms with van der Waals surface area (Å²) in [4.78, 5) is 47.3. The maximum absolute atomic E-state index is 12.2. The maximum Gasteiger partial charge on any atom is 0.321 e. The molecule has 0 saturated carbocycles.